The molecule has 1 heterocycles. The molecule has 0 aliphatic rings. The second-order valence-corrected chi connectivity index (χ2v) is 6.00. The van der Waals surface area contributed by atoms with Gasteiger partial charge >= 0.3 is 6.03 Å². The first-order chi connectivity index (χ1) is 10.9. The maximum atomic E-state index is 12.1. The number of rotatable bonds is 5. The molecule has 9 heteroatoms. The highest BCUT2D eigenvalue weighted by Crippen LogP contribution is 2.27. The minimum Gasteiger partial charge on any atom is -0.366 e. The molecule has 0 bridgehead atoms. The van der Waals surface area contributed by atoms with E-state index in [0.717, 1.165) is 16.9 Å². The number of anilines is 1. The van der Waals surface area contributed by atoms with Gasteiger partial charge in [0.1, 0.15) is 5.00 Å². The number of hydrogen-bond donors (Lipinski definition) is 4. The summed E-state index contributed by atoms with van der Waals surface area (Å²) in [5.41, 5.74) is 11.1. The van der Waals surface area contributed by atoms with Crippen LogP contribution in [0.2, 0.25) is 5.02 Å². The van der Waals surface area contributed by atoms with Gasteiger partial charge in [0.15, 0.2) is 0 Å². The summed E-state index contributed by atoms with van der Waals surface area (Å²) in [7, 11) is 0. The first-order valence-corrected chi connectivity index (χ1v) is 7.59. The highest BCUT2D eigenvalue weighted by Gasteiger charge is 2.18. The Morgan fingerprint density at radius 1 is 1.13 bits per heavy atom. The number of nitrogens with one attached hydrogen (secondary N) is 2. The highest BCUT2D eigenvalue weighted by atomic mass is 35.5. The number of primary amides is 2. The number of nitrogens with two attached hydrogens (primary N) is 2. The monoisotopic (exact) mass is 352 g/mol. The van der Waals surface area contributed by atoms with Crippen molar-refractivity contribution in [2.75, 3.05) is 5.32 Å². The van der Waals surface area contributed by atoms with Crippen molar-refractivity contribution >= 4 is 45.8 Å². The minimum absolute atomic E-state index is 0.0328. The van der Waals surface area contributed by atoms with E-state index >= 15 is 0 Å². The molecule has 1 aromatic heterocycles. The Bertz CT molecular complexity index is 758. The molecule has 2 rings (SSSR count). The van der Waals surface area contributed by atoms with Crippen molar-refractivity contribution in [3.8, 4) is 0 Å². The standard InChI is InChI=1S/C14H13ClN4O3S/c15-8-3-1-7(2-4-8)6-18-12(21)10-5-9(11(16)20)13(23-10)19-14(17)22/h1-5H,6H2,(H2,16,20)(H,18,21)(H3,17,19,22). The molecule has 2 aromatic rings. The summed E-state index contributed by atoms with van der Waals surface area (Å²) in [4.78, 5) is 34.6. The van der Waals surface area contributed by atoms with Gasteiger partial charge in [-0.3, -0.25) is 14.9 Å². The molecule has 0 fully saturated rings. The Labute approximate surface area is 140 Å². The zero-order valence-electron chi connectivity index (χ0n) is 11.8. The first kappa shape index (κ1) is 16.8. The van der Waals surface area contributed by atoms with Crippen molar-refractivity contribution in [3.05, 3.63) is 51.4 Å². The van der Waals surface area contributed by atoms with Crippen LogP contribution in [0.5, 0.6) is 0 Å². The third-order valence-corrected chi connectivity index (χ3v) is 4.13. The molecular formula is C14H13ClN4O3S. The van der Waals surface area contributed by atoms with Crippen molar-refractivity contribution in [2.24, 2.45) is 11.5 Å². The van der Waals surface area contributed by atoms with Crippen molar-refractivity contribution < 1.29 is 14.4 Å². The Morgan fingerprint density at radius 3 is 2.35 bits per heavy atom. The van der Waals surface area contributed by atoms with Crippen LogP contribution in [-0.2, 0) is 6.54 Å². The van der Waals surface area contributed by atoms with Gasteiger partial charge in [-0.05, 0) is 23.8 Å². The number of urea groups is 1. The number of carbonyl (C=O) groups is 3. The van der Waals surface area contributed by atoms with Crippen LogP contribution in [-0.4, -0.2) is 17.8 Å². The van der Waals surface area contributed by atoms with Crippen LogP contribution in [0.1, 0.15) is 25.6 Å². The van der Waals surface area contributed by atoms with E-state index in [1.54, 1.807) is 24.3 Å². The lowest BCUT2D eigenvalue weighted by Gasteiger charge is -2.03. The molecule has 4 amide bonds. The Morgan fingerprint density at radius 2 is 1.78 bits per heavy atom. The summed E-state index contributed by atoms with van der Waals surface area (Å²) in [6.07, 6.45) is 0. The van der Waals surface area contributed by atoms with Crippen LogP contribution in [0, 0.1) is 0 Å². The van der Waals surface area contributed by atoms with Crippen LogP contribution in [0.25, 0.3) is 0 Å². The normalized spacial score (nSPS) is 10.1. The fourth-order valence-electron chi connectivity index (χ4n) is 1.76. The lowest BCUT2D eigenvalue weighted by molar-refractivity contribution is 0.0955. The topological polar surface area (TPSA) is 127 Å². The molecule has 0 aliphatic heterocycles. The summed E-state index contributed by atoms with van der Waals surface area (Å²) in [6, 6.07) is 7.47. The van der Waals surface area contributed by atoms with E-state index in [9.17, 15) is 14.4 Å². The third kappa shape index (κ3) is 4.44. The van der Waals surface area contributed by atoms with E-state index in [4.69, 9.17) is 23.1 Å². The maximum absolute atomic E-state index is 12.1. The van der Waals surface area contributed by atoms with Crippen molar-refractivity contribution in [1.29, 1.82) is 0 Å². The van der Waals surface area contributed by atoms with Crippen molar-refractivity contribution in [2.45, 2.75) is 6.54 Å². The SMILES string of the molecule is NC(=O)Nc1sc(C(=O)NCc2ccc(Cl)cc2)cc1C(N)=O. The lowest BCUT2D eigenvalue weighted by atomic mass is 10.2. The second kappa shape index (κ2) is 7.12. The van der Waals surface area contributed by atoms with Gasteiger partial charge in [-0.1, -0.05) is 23.7 Å². The summed E-state index contributed by atoms with van der Waals surface area (Å²) in [5.74, 6) is -1.16. The van der Waals surface area contributed by atoms with E-state index < -0.39 is 17.8 Å². The number of benzene rings is 1. The van der Waals surface area contributed by atoms with Crippen LogP contribution in [0.3, 0.4) is 0 Å². The summed E-state index contributed by atoms with van der Waals surface area (Å²) in [5, 5.41) is 5.72. The molecule has 0 aliphatic carbocycles. The van der Waals surface area contributed by atoms with Gasteiger partial charge in [0.25, 0.3) is 11.8 Å². The molecule has 0 unspecified atom stereocenters. The van der Waals surface area contributed by atoms with E-state index in [1.807, 2.05) is 0 Å². The van der Waals surface area contributed by atoms with Crippen molar-refractivity contribution in [1.82, 2.24) is 5.32 Å². The maximum Gasteiger partial charge on any atom is 0.317 e. The highest BCUT2D eigenvalue weighted by molar-refractivity contribution is 7.18. The number of thiophene rings is 1. The van der Waals surface area contributed by atoms with E-state index in [0.29, 0.717) is 11.6 Å². The Hall–Kier alpha value is -2.58. The zero-order valence-corrected chi connectivity index (χ0v) is 13.3. The van der Waals surface area contributed by atoms with Crippen LogP contribution in [0.4, 0.5) is 9.80 Å². The quantitative estimate of drug-likeness (QED) is 0.656. The van der Waals surface area contributed by atoms with Crippen LogP contribution >= 0.6 is 22.9 Å². The fraction of sp³-hybridized carbons (Fsp3) is 0.0714. The van der Waals surface area contributed by atoms with Gasteiger partial charge in [0, 0.05) is 11.6 Å². The molecule has 0 atom stereocenters. The third-order valence-electron chi connectivity index (χ3n) is 2.82. The zero-order chi connectivity index (χ0) is 17.0. The smallest absolute Gasteiger partial charge is 0.317 e. The minimum atomic E-state index is -0.845. The van der Waals surface area contributed by atoms with Gasteiger partial charge < -0.3 is 16.8 Å². The summed E-state index contributed by atoms with van der Waals surface area (Å²) in [6.45, 7) is 0.290. The molecule has 6 N–H and O–H groups in total. The van der Waals surface area contributed by atoms with Gasteiger partial charge in [-0.15, -0.1) is 11.3 Å². The molecule has 0 saturated carbocycles. The van der Waals surface area contributed by atoms with Crippen molar-refractivity contribution in [3.63, 3.8) is 0 Å². The van der Waals surface area contributed by atoms with Gasteiger partial charge in [0.05, 0.1) is 10.4 Å². The average Bonchev–Trinajstić information content (AvgIpc) is 2.89. The fourth-order valence-corrected chi connectivity index (χ4v) is 2.87. The molecule has 1 aromatic carbocycles. The van der Waals surface area contributed by atoms with Crippen LogP contribution in [0.15, 0.2) is 30.3 Å². The first-order valence-electron chi connectivity index (χ1n) is 6.39. The van der Waals surface area contributed by atoms with Crippen LogP contribution < -0.4 is 22.1 Å². The number of amides is 4. The number of carbonyl (C=O) groups excluding carboxylic acids is 3. The molecule has 0 radical (unpaired) electrons. The second-order valence-electron chi connectivity index (χ2n) is 4.52. The lowest BCUT2D eigenvalue weighted by Crippen LogP contribution is -2.21. The number of halogens is 1. The molecule has 0 spiro atoms. The Kier molecular flexibility index (Phi) is 5.20. The molecule has 7 nitrogen and oxygen atoms in total. The molecular weight excluding hydrogens is 340 g/mol. The van der Waals surface area contributed by atoms with Gasteiger partial charge in [-0.2, -0.15) is 0 Å². The van der Waals surface area contributed by atoms with Gasteiger partial charge in [0.2, 0.25) is 0 Å². The Balaban J connectivity index is 2.11. The van der Waals surface area contributed by atoms with E-state index in [2.05, 4.69) is 10.6 Å². The molecule has 0 saturated heterocycles. The largest absolute Gasteiger partial charge is 0.366 e. The summed E-state index contributed by atoms with van der Waals surface area (Å²) >= 11 is 6.70. The van der Waals surface area contributed by atoms with E-state index in [1.165, 1.54) is 6.07 Å². The predicted molar refractivity (Wildman–Crippen MR) is 88.7 cm³/mol. The molecule has 120 valence electrons. The number of hydrogen-bond acceptors (Lipinski definition) is 4. The molecule has 23 heavy (non-hydrogen) atoms. The summed E-state index contributed by atoms with van der Waals surface area (Å²) < 4.78 is 0. The predicted octanol–water partition coefficient (Wildman–Crippen LogP) is 1.92. The average molecular weight is 353 g/mol. The van der Waals surface area contributed by atoms with Gasteiger partial charge in [-0.25, -0.2) is 4.79 Å². The van der Waals surface area contributed by atoms with E-state index in [-0.39, 0.29) is 15.4 Å².